The number of halogens is 2. The third-order valence-corrected chi connectivity index (χ3v) is 6.18. The number of hydrogen-bond acceptors (Lipinski definition) is 3. The molecule has 1 atom stereocenters. The summed E-state index contributed by atoms with van der Waals surface area (Å²) >= 11 is 12.4. The Hall–Kier alpha value is -3.02. The number of amides is 1. The third kappa shape index (κ3) is 3.87. The van der Waals surface area contributed by atoms with Gasteiger partial charge in [0.2, 0.25) is 0 Å². The number of aliphatic carboxylic acids is 1. The van der Waals surface area contributed by atoms with Gasteiger partial charge in [0.05, 0.1) is 0 Å². The van der Waals surface area contributed by atoms with Crippen LogP contribution in [0.3, 0.4) is 0 Å². The molecule has 0 aliphatic heterocycles. The SMILES string of the molecule is CN(C(=O)OCC1c2ccccc2-c2ccccc21)C(C(=O)O)c1c(Cl)cccc1Cl. The van der Waals surface area contributed by atoms with E-state index in [4.69, 9.17) is 27.9 Å². The zero-order chi connectivity index (χ0) is 22.1. The Morgan fingerprint density at radius 1 is 0.935 bits per heavy atom. The highest BCUT2D eigenvalue weighted by molar-refractivity contribution is 6.36. The minimum absolute atomic E-state index is 0.0831. The molecule has 4 rings (SSSR count). The number of carbonyl (C=O) groups excluding carboxylic acids is 1. The van der Waals surface area contributed by atoms with Gasteiger partial charge in [0.1, 0.15) is 6.61 Å². The monoisotopic (exact) mass is 455 g/mol. The summed E-state index contributed by atoms with van der Waals surface area (Å²) in [6, 6.07) is 19.3. The molecule has 0 saturated heterocycles. The third-order valence-electron chi connectivity index (χ3n) is 5.52. The number of fused-ring (bicyclic) bond motifs is 3. The van der Waals surface area contributed by atoms with Crippen molar-refractivity contribution < 1.29 is 19.4 Å². The minimum Gasteiger partial charge on any atom is -0.479 e. The average molecular weight is 456 g/mol. The molecule has 1 unspecified atom stereocenters. The summed E-state index contributed by atoms with van der Waals surface area (Å²) in [6.45, 7) is 0.0831. The number of carboxylic acid groups (broad SMARTS) is 1. The van der Waals surface area contributed by atoms with Gasteiger partial charge >= 0.3 is 12.1 Å². The van der Waals surface area contributed by atoms with Crippen molar-refractivity contribution in [1.82, 2.24) is 4.90 Å². The smallest absolute Gasteiger partial charge is 0.410 e. The predicted molar refractivity (Wildman–Crippen MR) is 120 cm³/mol. The second-order valence-electron chi connectivity index (χ2n) is 7.29. The first-order valence-corrected chi connectivity index (χ1v) is 10.4. The van der Waals surface area contributed by atoms with E-state index >= 15 is 0 Å². The molecule has 0 fully saturated rings. The fraction of sp³-hybridized carbons (Fsp3) is 0.167. The van der Waals surface area contributed by atoms with Crippen LogP contribution in [0.5, 0.6) is 0 Å². The summed E-state index contributed by atoms with van der Waals surface area (Å²) in [5.41, 5.74) is 4.51. The van der Waals surface area contributed by atoms with Gasteiger partial charge in [-0.15, -0.1) is 0 Å². The molecular weight excluding hydrogens is 437 g/mol. The quantitative estimate of drug-likeness (QED) is 0.512. The normalized spacial score (nSPS) is 13.3. The molecule has 3 aromatic carbocycles. The first kappa shape index (κ1) is 21.2. The highest BCUT2D eigenvalue weighted by atomic mass is 35.5. The van der Waals surface area contributed by atoms with E-state index in [1.165, 1.54) is 19.2 Å². The molecule has 1 aliphatic rings. The molecule has 1 N–H and O–H groups in total. The number of hydrogen-bond donors (Lipinski definition) is 1. The molecule has 158 valence electrons. The van der Waals surface area contributed by atoms with Gasteiger partial charge in [-0.3, -0.25) is 4.90 Å². The van der Waals surface area contributed by atoms with Crippen LogP contribution in [-0.2, 0) is 9.53 Å². The molecule has 0 bridgehead atoms. The molecule has 0 radical (unpaired) electrons. The Kier molecular flexibility index (Phi) is 5.90. The highest BCUT2D eigenvalue weighted by Crippen LogP contribution is 2.44. The largest absolute Gasteiger partial charge is 0.479 e. The predicted octanol–water partition coefficient (Wildman–Crippen LogP) is 6.00. The van der Waals surface area contributed by atoms with E-state index in [0.29, 0.717) is 0 Å². The van der Waals surface area contributed by atoms with Gasteiger partial charge in [0, 0.05) is 28.6 Å². The van der Waals surface area contributed by atoms with E-state index in [9.17, 15) is 14.7 Å². The summed E-state index contributed by atoms with van der Waals surface area (Å²) in [5, 5.41) is 10.1. The molecule has 0 spiro atoms. The van der Waals surface area contributed by atoms with E-state index in [1.807, 2.05) is 48.5 Å². The van der Waals surface area contributed by atoms with Crippen LogP contribution in [0.2, 0.25) is 10.0 Å². The molecule has 1 aliphatic carbocycles. The van der Waals surface area contributed by atoms with Crippen molar-refractivity contribution in [2.24, 2.45) is 0 Å². The molecule has 0 heterocycles. The number of rotatable bonds is 5. The lowest BCUT2D eigenvalue weighted by Crippen LogP contribution is -2.37. The molecule has 3 aromatic rings. The number of carboxylic acids is 1. The number of ether oxygens (including phenoxy) is 1. The van der Waals surface area contributed by atoms with Gasteiger partial charge in [-0.25, -0.2) is 9.59 Å². The van der Waals surface area contributed by atoms with Crippen LogP contribution in [0.4, 0.5) is 4.79 Å². The minimum atomic E-state index is -1.38. The molecular formula is C24H19Cl2NO4. The lowest BCUT2D eigenvalue weighted by Gasteiger charge is -2.26. The van der Waals surface area contributed by atoms with Crippen molar-refractivity contribution in [3.8, 4) is 11.1 Å². The molecule has 0 saturated carbocycles. The zero-order valence-corrected chi connectivity index (χ0v) is 18.1. The topological polar surface area (TPSA) is 66.8 Å². The van der Waals surface area contributed by atoms with Gasteiger partial charge < -0.3 is 9.84 Å². The van der Waals surface area contributed by atoms with Crippen LogP contribution in [0.25, 0.3) is 11.1 Å². The van der Waals surface area contributed by atoms with Crippen LogP contribution in [-0.4, -0.2) is 35.7 Å². The van der Waals surface area contributed by atoms with Crippen LogP contribution in [0, 0.1) is 0 Å². The molecule has 0 aromatic heterocycles. The summed E-state index contributed by atoms with van der Waals surface area (Å²) in [5.74, 6) is -1.39. The van der Waals surface area contributed by atoms with Crippen molar-refractivity contribution >= 4 is 35.3 Å². The summed E-state index contributed by atoms with van der Waals surface area (Å²) in [4.78, 5) is 25.8. The van der Waals surface area contributed by atoms with Gasteiger partial charge in [-0.1, -0.05) is 77.8 Å². The van der Waals surface area contributed by atoms with Crippen LogP contribution in [0.15, 0.2) is 66.7 Å². The molecule has 31 heavy (non-hydrogen) atoms. The number of benzene rings is 3. The van der Waals surface area contributed by atoms with Crippen molar-refractivity contribution in [3.63, 3.8) is 0 Å². The average Bonchev–Trinajstić information content (AvgIpc) is 3.08. The lowest BCUT2D eigenvalue weighted by molar-refractivity contribution is -0.142. The zero-order valence-electron chi connectivity index (χ0n) is 16.6. The van der Waals surface area contributed by atoms with Crippen molar-refractivity contribution in [2.75, 3.05) is 13.7 Å². The highest BCUT2D eigenvalue weighted by Gasteiger charge is 2.34. The Morgan fingerprint density at radius 2 is 1.45 bits per heavy atom. The van der Waals surface area contributed by atoms with Gasteiger partial charge in [-0.2, -0.15) is 0 Å². The second kappa shape index (κ2) is 8.61. The molecule has 5 nitrogen and oxygen atoms in total. The lowest BCUT2D eigenvalue weighted by atomic mass is 9.98. The fourth-order valence-electron chi connectivity index (χ4n) is 4.06. The van der Waals surface area contributed by atoms with E-state index in [-0.39, 0.29) is 28.1 Å². The Balaban J connectivity index is 1.57. The molecule has 1 amide bonds. The van der Waals surface area contributed by atoms with Crippen LogP contribution >= 0.6 is 23.2 Å². The second-order valence-corrected chi connectivity index (χ2v) is 8.11. The van der Waals surface area contributed by atoms with Crippen molar-refractivity contribution in [1.29, 1.82) is 0 Å². The van der Waals surface area contributed by atoms with Gasteiger partial charge in [0.15, 0.2) is 6.04 Å². The van der Waals surface area contributed by atoms with Crippen LogP contribution < -0.4 is 0 Å². The maximum Gasteiger partial charge on any atom is 0.410 e. The maximum absolute atomic E-state index is 12.8. The Labute approximate surface area is 189 Å². The standard InChI is InChI=1S/C24H19Cl2NO4/c1-27(22(23(28)29)21-19(25)11-6-12-20(21)26)24(30)31-13-18-16-9-4-2-7-14(16)15-8-3-5-10-17(15)18/h2-12,18,22H,13H2,1H3,(H,28,29). The van der Waals surface area contributed by atoms with Gasteiger partial charge in [-0.05, 0) is 34.4 Å². The summed E-state index contributed by atoms with van der Waals surface area (Å²) in [6.07, 6.45) is -0.773. The van der Waals surface area contributed by atoms with Gasteiger partial charge in [0.25, 0.3) is 0 Å². The Morgan fingerprint density at radius 3 is 1.97 bits per heavy atom. The first-order valence-electron chi connectivity index (χ1n) is 9.64. The summed E-state index contributed by atoms with van der Waals surface area (Å²) < 4.78 is 5.57. The fourth-order valence-corrected chi connectivity index (χ4v) is 4.66. The maximum atomic E-state index is 12.8. The van der Waals surface area contributed by atoms with E-state index in [1.54, 1.807) is 6.07 Å². The Bertz CT molecular complexity index is 1100. The van der Waals surface area contributed by atoms with E-state index < -0.39 is 18.1 Å². The number of nitrogens with zero attached hydrogens (tertiary/aromatic N) is 1. The number of carbonyl (C=O) groups is 2. The molecule has 7 heteroatoms. The van der Waals surface area contributed by atoms with E-state index in [0.717, 1.165) is 27.2 Å². The summed E-state index contributed by atoms with van der Waals surface area (Å²) in [7, 11) is 1.36. The number of likely N-dealkylation sites (N-methyl/N-ethyl adjacent to an activating group) is 1. The first-order chi connectivity index (χ1) is 14.9. The van der Waals surface area contributed by atoms with Crippen molar-refractivity contribution in [2.45, 2.75) is 12.0 Å². The van der Waals surface area contributed by atoms with Crippen LogP contribution in [0.1, 0.15) is 28.7 Å². The van der Waals surface area contributed by atoms with E-state index in [2.05, 4.69) is 0 Å². The van der Waals surface area contributed by atoms with Crippen molar-refractivity contribution in [3.05, 3.63) is 93.5 Å².